The van der Waals surface area contributed by atoms with E-state index in [1.54, 1.807) is 24.3 Å². The summed E-state index contributed by atoms with van der Waals surface area (Å²) in [6.07, 6.45) is -0.513. The van der Waals surface area contributed by atoms with Crippen molar-refractivity contribution in [1.29, 1.82) is 0 Å². The second kappa shape index (κ2) is 9.00. The predicted molar refractivity (Wildman–Crippen MR) is 90.6 cm³/mol. The number of carboxylic acid groups (broad SMARTS) is 1. The zero-order valence-corrected chi connectivity index (χ0v) is 13.3. The van der Waals surface area contributed by atoms with Crippen LogP contribution in [0.5, 0.6) is 5.75 Å². The third kappa shape index (κ3) is 5.93. The van der Waals surface area contributed by atoms with Gasteiger partial charge in [0, 0.05) is 6.42 Å². The van der Waals surface area contributed by atoms with Gasteiger partial charge < -0.3 is 20.7 Å². The van der Waals surface area contributed by atoms with E-state index in [4.69, 9.17) is 15.4 Å². The summed E-state index contributed by atoms with van der Waals surface area (Å²) in [6.45, 7) is 0.439. The van der Waals surface area contributed by atoms with Crippen LogP contribution in [0.2, 0.25) is 0 Å². The van der Waals surface area contributed by atoms with E-state index in [-0.39, 0.29) is 6.42 Å². The maximum atomic E-state index is 11.7. The lowest BCUT2D eigenvalue weighted by Gasteiger charge is -2.13. The highest BCUT2D eigenvalue weighted by atomic mass is 16.5. The molecule has 0 fully saturated rings. The largest absolute Gasteiger partial charge is 0.489 e. The standard InChI is InChI=1S/C18H17N3O4/c19-20-11-17(22)16(21-18(23)24)10-13-6-8-15(9-7-13)25-12-14-4-2-1-3-5-14/h1-9,11,16,21H,10,12H2,(H,23,24)/t16-/m0/s1. The zero-order chi connectivity index (χ0) is 18.1. The van der Waals surface area contributed by atoms with Gasteiger partial charge in [0.1, 0.15) is 18.4 Å². The van der Waals surface area contributed by atoms with Crippen LogP contribution in [0.1, 0.15) is 11.1 Å². The van der Waals surface area contributed by atoms with Crippen molar-refractivity contribution < 1.29 is 24.2 Å². The van der Waals surface area contributed by atoms with Crippen molar-refractivity contribution in [2.24, 2.45) is 0 Å². The second-order valence-electron chi connectivity index (χ2n) is 5.27. The molecule has 128 valence electrons. The second-order valence-corrected chi connectivity index (χ2v) is 5.27. The van der Waals surface area contributed by atoms with Crippen molar-refractivity contribution in [2.75, 3.05) is 0 Å². The molecule has 7 nitrogen and oxygen atoms in total. The highest BCUT2D eigenvalue weighted by Crippen LogP contribution is 2.15. The Labute approximate surface area is 144 Å². The highest BCUT2D eigenvalue weighted by molar-refractivity contribution is 6.28. The van der Waals surface area contributed by atoms with Gasteiger partial charge in [0.25, 0.3) is 5.78 Å². The van der Waals surface area contributed by atoms with Gasteiger partial charge in [-0.1, -0.05) is 42.5 Å². The number of rotatable bonds is 8. The topological polar surface area (TPSA) is 112 Å². The Balaban J connectivity index is 1.98. The summed E-state index contributed by atoms with van der Waals surface area (Å²) < 4.78 is 5.67. The molecule has 0 unspecified atom stereocenters. The minimum Gasteiger partial charge on any atom is -0.489 e. The van der Waals surface area contributed by atoms with Gasteiger partial charge in [-0.15, -0.1) is 0 Å². The quantitative estimate of drug-likeness (QED) is 0.436. The molecule has 1 amide bonds. The third-order valence-corrected chi connectivity index (χ3v) is 3.44. The molecule has 2 aromatic rings. The molecule has 0 radical (unpaired) electrons. The number of nitrogens with one attached hydrogen (secondary N) is 1. The van der Waals surface area contributed by atoms with Gasteiger partial charge in [0.2, 0.25) is 0 Å². The molecule has 0 aromatic heterocycles. The van der Waals surface area contributed by atoms with E-state index >= 15 is 0 Å². The Hall–Kier alpha value is -3.44. The van der Waals surface area contributed by atoms with Crippen molar-refractivity contribution >= 4 is 18.1 Å². The molecule has 2 rings (SSSR count). The summed E-state index contributed by atoms with van der Waals surface area (Å²) in [5.74, 6) is 0.0351. The minimum absolute atomic E-state index is 0.135. The molecule has 0 aliphatic heterocycles. The lowest BCUT2D eigenvalue weighted by atomic mass is 10.0. The van der Waals surface area contributed by atoms with Crippen molar-refractivity contribution in [3.05, 3.63) is 71.3 Å². The first-order valence-electron chi connectivity index (χ1n) is 7.55. The van der Waals surface area contributed by atoms with Crippen LogP contribution in [-0.4, -0.2) is 34.0 Å². The average molecular weight is 339 g/mol. The number of carbonyl (C=O) groups is 2. The van der Waals surface area contributed by atoms with Crippen LogP contribution in [0, 0.1) is 0 Å². The first-order chi connectivity index (χ1) is 12.1. The molecule has 0 saturated carbocycles. The molecule has 0 heterocycles. The lowest BCUT2D eigenvalue weighted by Crippen LogP contribution is -2.42. The number of ketones is 1. The molecular weight excluding hydrogens is 322 g/mol. The molecule has 0 aliphatic rings. The number of benzene rings is 2. The van der Waals surface area contributed by atoms with Gasteiger partial charge in [-0.05, 0) is 23.3 Å². The summed E-state index contributed by atoms with van der Waals surface area (Å²) >= 11 is 0. The maximum absolute atomic E-state index is 11.7. The SMILES string of the molecule is [N-]=[N+]=CC(=O)[C@H](Cc1ccc(OCc2ccccc2)cc1)NC(=O)O. The van der Waals surface area contributed by atoms with Crippen LogP contribution in [0.15, 0.2) is 54.6 Å². The van der Waals surface area contributed by atoms with E-state index in [1.165, 1.54) is 0 Å². The number of carbonyl (C=O) groups excluding carboxylic acids is 1. The number of hydrogen-bond donors (Lipinski definition) is 2. The predicted octanol–water partition coefficient (Wildman–Crippen LogP) is 2.31. The summed E-state index contributed by atoms with van der Waals surface area (Å²) in [4.78, 5) is 25.2. The van der Waals surface area contributed by atoms with Gasteiger partial charge in [0.15, 0.2) is 0 Å². The number of Topliss-reactive ketones (excluding diaryl/α,β-unsaturated/α-hetero) is 1. The fraction of sp³-hybridized carbons (Fsp3) is 0.167. The van der Waals surface area contributed by atoms with Gasteiger partial charge in [0.05, 0.1) is 0 Å². The number of hydrogen-bond acceptors (Lipinski definition) is 3. The van der Waals surface area contributed by atoms with Crippen LogP contribution in [0.4, 0.5) is 4.79 Å². The molecule has 25 heavy (non-hydrogen) atoms. The van der Waals surface area contributed by atoms with E-state index in [9.17, 15) is 9.59 Å². The summed E-state index contributed by atoms with van der Waals surface area (Å²) in [5.41, 5.74) is 10.2. The molecule has 0 aliphatic carbocycles. The van der Waals surface area contributed by atoms with Crippen molar-refractivity contribution in [3.63, 3.8) is 0 Å². The summed E-state index contributed by atoms with van der Waals surface area (Å²) in [7, 11) is 0. The molecule has 0 spiro atoms. The molecule has 0 bridgehead atoms. The smallest absolute Gasteiger partial charge is 0.405 e. The Bertz CT molecular complexity index is 769. The van der Waals surface area contributed by atoms with E-state index in [0.717, 1.165) is 11.1 Å². The van der Waals surface area contributed by atoms with Crippen LogP contribution in [0.25, 0.3) is 5.53 Å². The van der Waals surface area contributed by atoms with Gasteiger partial charge >= 0.3 is 12.3 Å². The van der Waals surface area contributed by atoms with Gasteiger partial charge in [-0.3, -0.25) is 4.79 Å². The highest BCUT2D eigenvalue weighted by Gasteiger charge is 2.22. The fourth-order valence-corrected chi connectivity index (χ4v) is 2.22. The number of ether oxygens (including phenoxy) is 1. The first kappa shape index (κ1) is 17.9. The Morgan fingerprint density at radius 1 is 1.12 bits per heavy atom. The minimum atomic E-state index is -1.33. The van der Waals surface area contributed by atoms with Crippen LogP contribution >= 0.6 is 0 Å². The van der Waals surface area contributed by atoms with Crippen molar-refractivity contribution in [3.8, 4) is 5.75 Å². The number of amides is 1. The van der Waals surface area contributed by atoms with Crippen LogP contribution in [0.3, 0.4) is 0 Å². The maximum Gasteiger partial charge on any atom is 0.405 e. The van der Waals surface area contributed by atoms with Crippen molar-refractivity contribution in [1.82, 2.24) is 5.32 Å². The van der Waals surface area contributed by atoms with E-state index in [2.05, 4.69) is 10.1 Å². The number of nitrogens with zero attached hydrogens (tertiary/aromatic N) is 2. The third-order valence-electron chi connectivity index (χ3n) is 3.44. The molecule has 2 aromatic carbocycles. The molecule has 1 atom stereocenters. The van der Waals surface area contributed by atoms with E-state index in [0.29, 0.717) is 18.6 Å². The monoisotopic (exact) mass is 339 g/mol. The average Bonchev–Trinajstić information content (AvgIpc) is 2.61. The molecule has 2 N–H and O–H groups in total. The Morgan fingerprint density at radius 2 is 1.80 bits per heavy atom. The lowest BCUT2D eigenvalue weighted by molar-refractivity contribution is -0.117. The van der Waals surface area contributed by atoms with Crippen LogP contribution < -0.4 is 10.1 Å². The molecule has 7 heteroatoms. The van der Waals surface area contributed by atoms with E-state index in [1.807, 2.05) is 30.3 Å². The first-order valence-corrected chi connectivity index (χ1v) is 7.55. The fourth-order valence-electron chi connectivity index (χ4n) is 2.22. The Morgan fingerprint density at radius 3 is 2.40 bits per heavy atom. The van der Waals surface area contributed by atoms with Gasteiger partial charge in [-0.2, -0.15) is 4.79 Å². The molecule has 0 saturated heterocycles. The Kier molecular flexibility index (Phi) is 6.45. The van der Waals surface area contributed by atoms with E-state index < -0.39 is 17.9 Å². The normalized spacial score (nSPS) is 11.0. The van der Waals surface area contributed by atoms with Crippen molar-refractivity contribution in [2.45, 2.75) is 19.1 Å². The summed E-state index contributed by atoms with van der Waals surface area (Å²) in [6, 6.07) is 15.7. The zero-order valence-electron chi connectivity index (χ0n) is 13.3. The molecular formula is C18H17N3O4. The summed E-state index contributed by atoms with van der Waals surface area (Å²) in [5, 5.41) is 10.9. The van der Waals surface area contributed by atoms with Gasteiger partial charge in [-0.25, -0.2) is 4.79 Å². The van der Waals surface area contributed by atoms with Crippen LogP contribution in [-0.2, 0) is 17.8 Å².